The first-order valence-electron chi connectivity index (χ1n) is 7.12. The van der Waals surface area contributed by atoms with Crippen LogP contribution in [0, 0.1) is 0 Å². The molecule has 6 heteroatoms. The first-order chi connectivity index (χ1) is 11.2. The summed E-state index contributed by atoms with van der Waals surface area (Å²) in [6.45, 7) is 0. The van der Waals surface area contributed by atoms with Gasteiger partial charge in [0.2, 0.25) is 5.88 Å². The molecule has 3 heterocycles. The van der Waals surface area contributed by atoms with Gasteiger partial charge in [0.05, 0.1) is 35.4 Å². The molecule has 6 nitrogen and oxygen atoms in total. The highest BCUT2D eigenvalue weighted by atomic mass is 16.5. The molecule has 0 aliphatic heterocycles. The third-order valence-electron chi connectivity index (χ3n) is 3.80. The van der Waals surface area contributed by atoms with E-state index in [-0.39, 0.29) is 5.88 Å². The molecule has 0 saturated carbocycles. The Kier molecular flexibility index (Phi) is 2.90. The van der Waals surface area contributed by atoms with Gasteiger partial charge in [-0.3, -0.25) is 9.67 Å². The maximum absolute atomic E-state index is 9.45. The molecule has 0 unspecified atom stereocenters. The van der Waals surface area contributed by atoms with Crippen LogP contribution in [-0.4, -0.2) is 32.0 Å². The van der Waals surface area contributed by atoms with Crippen molar-refractivity contribution in [2.75, 3.05) is 7.11 Å². The predicted molar refractivity (Wildman–Crippen MR) is 87.5 cm³/mol. The molecule has 0 atom stereocenters. The van der Waals surface area contributed by atoms with E-state index in [2.05, 4.69) is 15.1 Å². The number of aryl methyl sites for hydroxylation is 1. The highest BCUT2D eigenvalue weighted by molar-refractivity contribution is 5.93. The van der Waals surface area contributed by atoms with Gasteiger partial charge < -0.3 is 9.84 Å². The monoisotopic (exact) mass is 306 g/mol. The molecule has 4 aromatic rings. The normalized spacial score (nSPS) is 11.2. The smallest absolute Gasteiger partial charge is 0.211 e. The van der Waals surface area contributed by atoms with Gasteiger partial charge in [-0.1, -0.05) is 0 Å². The van der Waals surface area contributed by atoms with Crippen LogP contribution in [0.5, 0.6) is 11.6 Å². The Morgan fingerprint density at radius 3 is 2.83 bits per heavy atom. The van der Waals surface area contributed by atoms with Crippen LogP contribution in [0.4, 0.5) is 0 Å². The summed E-state index contributed by atoms with van der Waals surface area (Å²) in [5, 5.41) is 15.7. The fourth-order valence-electron chi connectivity index (χ4n) is 2.77. The van der Waals surface area contributed by atoms with Crippen molar-refractivity contribution in [1.29, 1.82) is 0 Å². The second-order valence-electron chi connectivity index (χ2n) is 5.31. The van der Waals surface area contributed by atoms with Gasteiger partial charge in [0.15, 0.2) is 0 Å². The molecule has 3 aromatic heterocycles. The van der Waals surface area contributed by atoms with Gasteiger partial charge in [-0.2, -0.15) is 5.10 Å². The lowest BCUT2D eigenvalue weighted by atomic mass is 10.1. The van der Waals surface area contributed by atoms with Gasteiger partial charge in [-0.15, -0.1) is 0 Å². The number of ether oxygens (including phenoxy) is 1. The molecule has 0 aliphatic carbocycles. The Bertz CT molecular complexity index is 1040. The van der Waals surface area contributed by atoms with E-state index in [0.717, 1.165) is 33.3 Å². The van der Waals surface area contributed by atoms with Gasteiger partial charge in [-0.25, -0.2) is 4.98 Å². The fourth-order valence-corrected chi connectivity index (χ4v) is 2.77. The summed E-state index contributed by atoms with van der Waals surface area (Å²) in [5.41, 5.74) is 3.20. The Labute approximate surface area is 132 Å². The maximum Gasteiger partial charge on any atom is 0.211 e. The summed E-state index contributed by atoms with van der Waals surface area (Å²) in [6.07, 6.45) is 3.58. The Morgan fingerprint density at radius 2 is 2.00 bits per heavy atom. The van der Waals surface area contributed by atoms with Gasteiger partial charge in [0, 0.05) is 30.3 Å². The van der Waals surface area contributed by atoms with Crippen molar-refractivity contribution in [3.05, 3.63) is 42.7 Å². The maximum atomic E-state index is 9.45. The van der Waals surface area contributed by atoms with Crippen LogP contribution in [0.1, 0.15) is 0 Å². The molecular formula is C17H14N4O2. The zero-order valence-corrected chi connectivity index (χ0v) is 12.7. The van der Waals surface area contributed by atoms with Crippen LogP contribution in [0.15, 0.2) is 42.7 Å². The highest BCUT2D eigenvalue weighted by Gasteiger charge is 2.14. The Hall–Kier alpha value is -3.15. The number of hydrogen-bond acceptors (Lipinski definition) is 5. The van der Waals surface area contributed by atoms with Crippen molar-refractivity contribution in [3.63, 3.8) is 0 Å². The van der Waals surface area contributed by atoms with Gasteiger partial charge in [0.1, 0.15) is 5.75 Å². The molecule has 114 valence electrons. The molecule has 0 saturated heterocycles. The quantitative estimate of drug-likeness (QED) is 0.616. The molecule has 0 fully saturated rings. The number of aromatic nitrogens is 4. The van der Waals surface area contributed by atoms with Crippen LogP contribution in [-0.2, 0) is 7.05 Å². The summed E-state index contributed by atoms with van der Waals surface area (Å²) in [4.78, 5) is 8.51. The van der Waals surface area contributed by atoms with Crippen LogP contribution < -0.4 is 4.74 Å². The number of methoxy groups -OCH3 is 1. The summed E-state index contributed by atoms with van der Waals surface area (Å²) in [7, 11) is 3.53. The minimum absolute atomic E-state index is 0.0126. The molecule has 0 radical (unpaired) electrons. The number of benzene rings is 1. The third kappa shape index (κ3) is 2.15. The number of nitrogens with zero attached hydrogens (tertiary/aromatic N) is 4. The van der Waals surface area contributed by atoms with Crippen molar-refractivity contribution in [2.45, 2.75) is 0 Å². The first kappa shape index (κ1) is 13.5. The van der Waals surface area contributed by atoms with Crippen molar-refractivity contribution >= 4 is 21.8 Å². The number of fused-ring (bicyclic) bond motifs is 2. The van der Waals surface area contributed by atoms with E-state index >= 15 is 0 Å². The van der Waals surface area contributed by atoms with Crippen molar-refractivity contribution in [2.24, 2.45) is 7.05 Å². The molecule has 0 bridgehead atoms. The summed E-state index contributed by atoms with van der Waals surface area (Å²) < 4.78 is 7.37. The predicted octanol–water partition coefficient (Wildman–Crippen LogP) is 2.90. The van der Waals surface area contributed by atoms with E-state index in [1.165, 1.54) is 0 Å². The average molecular weight is 306 g/mol. The van der Waals surface area contributed by atoms with E-state index in [9.17, 15) is 5.11 Å². The van der Waals surface area contributed by atoms with Crippen molar-refractivity contribution < 1.29 is 9.84 Å². The summed E-state index contributed by atoms with van der Waals surface area (Å²) in [5.74, 6) is 0.732. The van der Waals surface area contributed by atoms with Crippen LogP contribution in [0.3, 0.4) is 0 Å². The van der Waals surface area contributed by atoms with Gasteiger partial charge >= 0.3 is 0 Å². The lowest BCUT2D eigenvalue weighted by molar-refractivity contribution is 0.421. The molecule has 4 rings (SSSR count). The molecular weight excluding hydrogens is 292 g/mol. The van der Waals surface area contributed by atoms with E-state index in [0.29, 0.717) is 5.52 Å². The molecule has 1 aromatic carbocycles. The van der Waals surface area contributed by atoms with Gasteiger partial charge in [0.25, 0.3) is 0 Å². The standard InChI is InChI=1S/C17H14N4O2/c1-21-9-12-13(20-21)5-4-11(17(12)23-2)14-7-10-3-6-16(22)19-15(10)8-18-14/h3-9H,1-2H3,(H,19,22). The van der Waals surface area contributed by atoms with Crippen LogP contribution in [0.25, 0.3) is 33.1 Å². The van der Waals surface area contributed by atoms with Crippen LogP contribution >= 0.6 is 0 Å². The molecule has 0 spiro atoms. The number of rotatable bonds is 2. The van der Waals surface area contributed by atoms with E-state index in [4.69, 9.17) is 4.74 Å². The third-order valence-corrected chi connectivity index (χ3v) is 3.80. The number of pyridine rings is 2. The van der Waals surface area contributed by atoms with Crippen molar-refractivity contribution in [3.8, 4) is 22.9 Å². The second-order valence-corrected chi connectivity index (χ2v) is 5.31. The topological polar surface area (TPSA) is 73.1 Å². The highest BCUT2D eigenvalue weighted by Crippen LogP contribution is 2.36. The first-order valence-corrected chi connectivity index (χ1v) is 7.12. The zero-order valence-electron chi connectivity index (χ0n) is 12.7. The zero-order chi connectivity index (χ0) is 16.0. The summed E-state index contributed by atoms with van der Waals surface area (Å²) >= 11 is 0. The molecule has 0 amide bonds. The van der Waals surface area contributed by atoms with Gasteiger partial charge in [-0.05, 0) is 24.3 Å². The Morgan fingerprint density at radius 1 is 1.13 bits per heavy atom. The minimum atomic E-state index is -0.0126. The second kappa shape index (κ2) is 4.95. The lowest BCUT2D eigenvalue weighted by Crippen LogP contribution is -1.92. The molecule has 1 N–H and O–H groups in total. The van der Waals surface area contributed by atoms with E-state index < -0.39 is 0 Å². The molecule has 0 aliphatic rings. The van der Waals surface area contributed by atoms with E-state index in [1.54, 1.807) is 24.1 Å². The number of hydrogen-bond donors (Lipinski definition) is 1. The average Bonchev–Trinajstić information content (AvgIpc) is 2.93. The number of aromatic hydroxyl groups is 1. The van der Waals surface area contributed by atoms with Crippen molar-refractivity contribution in [1.82, 2.24) is 19.7 Å². The van der Waals surface area contributed by atoms with Crippen LogP contribution in [0.2, 0.25) is 0 Å². The summed E-state index contributed by atoms with van der Waals surface area (Å²) in [6, 6.07) is 9.22. The minimum Gasteiger partial charge on any atom is -0.495 e. The SMILES string of the molecule is COc1c(-c2cc3ccc(O)nc3cn2)ccc2nn(C)cc12. The Balaban J connectivity index is 1.96. The molecule has 23 heavy (non-hydrogen) atoms. The fraction of sp³-hybridized carbons (Fsp3) is 0.118. The largest absolute Gasteiger partial charge is 0.495 e. The lowest BCUT2D eigenvalue weighted by Gasteiger charge is -2.09. The van der Waals surface area contributed by atoms with E-state index in [1.807, 2.05) is 37.5 Å².